The molecule has 1 aromatic heterocycles. The number of hydrogen-bond donors (Lipinski definition) is 1. The molecule has 1 fully saturated rings. The Hall–Kier alpha value is -1.13. The van der Waals surface area contributed by atoms with Gasteiger partial charge in [0.25, 0.3) is 0 Å². The molecule has 100 valence electrons. The van der Waals surface area contributed by atoms with E-state index in [1.54, 1.807) is 0 Å². The zero-order valence-electron chi connectivity index (χ0n) is 11.0. The van der Waals surface area contributed by atoms with Crippen LogP contribution in [0.2, 0.25) is 0 Å². The third-order valence-electron chi connectivity index (χ3n) is 3.03. The minimum atomic E-state index is 0.274. The molecule has 1 atom stereocenters. The maximum atomic E-state index is 5.68. The van der Waals surface area contributed by atoms with Gasteiger partial charge in [0.05, 0.1) is 25.0 Å². The van der Waals surface area contributed by atoms with Crippen molar-refractivity contribution in [2.75, 3.05) is 25.1 Å². The quantitative estimate of drug-likeness (QED) is 0.842. The van der Waals surface area contributed by atoms with Crippen molar-refractivity contribution in [3.8, 4) is 0 Å². The molecule has 0 radical (unpaired) electrons. The first-order valence-corrected chi connectivity index (χ1v) is 6.76. The molecule has 1 unspecified atom stereocenters. The minimum absolute atomic E-state index is 0.274. The van der Waals surface area contributed by atoms with Crippen LogP contribution in [-0.4, -0.2) is 30.8 Å². The molecule has 1 saturated heterocycles. The van der Waals surface area contributed by atoms with Gasteiger partial charge in [-0.25, -0.2) is 0 Å². The summed E-state index contributed by atoms with van der Waals surface area (Å²) in [6, 6.07) is 4.00. The summed E-state index contributed by atoms with van der Waals surface area (Å²) < 4.78 is 11.3. The first kappa shape index (κ1) is 13.3. The van der Waals surface area contributed by atoms with Crippen LogP contribution in [0.5, 0.6) is 0 Å². The number of anilines is 1. The molecule has 0 bridgehead atoms. The summed E-state index contributed by atoms with van der Waals surface area (Å²) in [4.78, 5) is 4.30. The molecule has 1 aliphatic heterocycles. The summed E-state index contributed by atoms with van der Waals surface area (Å²) in [6.07, 6.45) is 5.64. The number of rotatable bonds is 6. The van der Waals surface area contributed by atoms with Gasteiger partial charge < -0.3 is 14.8 Å². The molecule has 1 N–H and O–H groups in total. The first-order valence-electron chi connectivity index (χ1n) is 6.76. The summed E-state index contributed by atoms with van der Waals surface area (Å²) >= 11 is 0. The molecule has 4 heteroatoms. The van der Waals surface area contributed by atoms with E-state index in [4.69, 9.17) is 9.47 Å². The number of hydrogen-bond acceptors (Lipinski definition) is 4. The third kappa shape index (κ3) is 4.27. The van der Waals surface area contributed by atoms with Gasteiger partial charge in [0, 0.05) is 25.0 Å². The minimum Gasteiger partial charge on any atom is -0.385 e. The van der Waals surface area contributed by atoms with Crippen molar-refractivity contribution in [2.45, 2.75) is 38.9 Å². The molecule has 1 aromatic rings. The Morgan fingerprint density at radius 1 is 1.50 bits per heavy atom. The fourth-order valence-corrected chi connectivity index (χ4v) is 2.10. The lowest BCUT2D eigenvalue weighted by Crippen LogP contribution is -2.24. The first-order chi connectivity index (χ1) is 8.88. The van der Waals surface area contributed by atoms with Gasteiger partial charge in [-0.05, 0) is 38.3 Å². The molecule has 0 spiro atoms. The van der Waals surface area contributed by atoms with Gasteiger partial charge in [-0.15, -0.1) is 0 Å². The maximum Gasteiger partial charge on any atom is 0.0889 e. The van der Waals surface area contributed by atoms with Crippen LogP contribution in [0, 0.1) is 0 Å². The summed E-state index contributed by atoms with van der Waals surface area (Å²) in [6.45, 7) is 5.10. The summed E-state index contributed by atoms with van der Waals surface area (Å²) in [5, 5.41) is 3.27. The summed E-state index contributed by atoms with van der Waals surface area (Å²) in [7, 11) is 0. The molecule has 0 aromatic carbocycles. The van der Waals surface area contributed by atoms with Crippen molar-refractivity contribution < 1.29 is 9.47 Å². The molecule has 0 amide bonds. The molecular weight excluding hydrogens is 228 g/mol. The Morgan fingerprint density at radius 2 is 2.44 bits per heavy atom. The number of nitrogens with zero attached hydrogens (tertiary/aromatic N) is 1. The highest BCUT2D eigenvalue weighted by atomic mass is 16.5. The number of nitrogens with one attached hydrogen (secondary N) is 1. The normalized spacial score (nSPS) is 19.7. The molecule has 2 rings (SSSR count). The maximum absolute atomic E-state index is 5.68. The predicted octanol–water partition coefficient (Wildman–Crippen LogP) is 2.60. The average molecular weight is 250 g/mol. The van der Waals surface area contributed by atoms with Crippen molar-refractivity contribution in [1.82, 2.24) is 4.98 Å². The molecule has 18 heavy (non-hydrogen) atoms. The molecular formula is C14H22N2O2. The van der Waals surface area contributed by atoms with Crippen molar-refractivity contribution in [1.29, 1.82) is 0 Å². The molecule has 4 nitrogen and oxygen atoms in total. The lowest BCUT2D eigenvalue weighted by Gasteiger charge is -2.22. The average Bonchev–Trinajstić information content (AvgIpc) is 2.41. The largest absolute Gasteiger partial charge is 0.385 e. The van der Waals surface area contributed by atoms with E-state index < -0.39 is 0 Å². The van der Waals surface area contributed by atoms with Crippen molar-refractivity contribution in [2.24, 2.45) is 0 Å². The van der Waals surface area contributed by atoms with Crippen molar-refractivity contribution >= 4 is 5.69 Å². The van der Waals surface area contributed by atoms with Crippen molar-refractivity contribution in [3.05, 3.63) is 24.0 Å². The molecule has 1 aliphatic rings. The number of aromatic nitrogens is 1. The van der Waals surface area contributed by atoms with Crippen LogP contribution in [0.25, 0.3) is 0 Å². The van der Waals surface area contributed by atoms with E-state index in [-0.39, 0.29) is 6.10 Å². The van der Waals surface area contributed by atoms with Gasteiger partial charge in [0.1, 0.15) is 0 Å². The van der Waals surface area contributed by atoms with Gasteiger partial charge in [0.15, 0.2) is 0 Å². The van der Waals surface area contributed by atoms with Crippen molar-refractivity contribution in [3.63, 3.8) is 0 Å². The lowest BCUT2D eigenvalue weighted by atomic mass is 10.1. The van der Waals surface area contributed by atoms with Gasteiger partial charge in [-0.1, -0.05) is 0 Å². The van der Waals surface area contributed by atoms with E-state index in [0.29, 0.717) is 13.2 Å². The highest BCUT2D eigenvalue weighted by Crippen LogP contribution is 2.14. The highest BCUT2D eigenvalue weighted by molar-refractivity contribution is 5.42. The Labute approximate surface area is 109 Å². The van der Waals surface area contributed by atoms with E-state index in [2.05, 4.69) is 17.2 Å². The van der Waals surface area contributed by atoms with Gasteiger partial charge in [-0.3, -0.25) is 4.98 Å². The van der Waals surface area contributed by atoms with Crippen LogP contribution in [0.15, 0.2) is 18.3 Å². The topological polar surface area (TPSA) is 43.4 Å². The Bertz CT molecular complexity index is 351. The summed E-state index contributed by atoms with van der Waals surface area (Å²) in [5.41, 5.74) is 2.06. The summed E-state index contributed by atoms with van der Waals surface area (Å²) in [5.74, 6) is 0. The second-order valence-electron chi connectivity index (χ2n) is 4.57. The van der Waals surface area contributed by atoms with Crippen LogP contribution >= 0.6 is 0 Å². The van der Waals surface area contributed by atoms with Gasteiger partial charge in [-0.2, -0.15) is 0 Å². The second-order valence-corrected chi connectivity index (χ2v) is 4.57. The van der Waals surface area contributed by atoms with Crippen LogP contribution in [0.1, 0.15) is 31.9 Å². The highest BCUT2D eigenvalue weighted by Gasteiger charge is 2.13. The smallest absolute Gasteiger partial charge is 0.0889 e. The number of pyridine rings is 1. The second kappa shape index (κ2) is 7.34. The Balaban J connectivity index is 1.73. The molecule has 0 aliphatic carbocycles. The van der Waals surface area contributed by atoms with E-state index in [9.17, 15) is 0 Å². The van der Waals surface area contributed by atoms with Crippen LogP contribution < -0.4 is 5.32 Å². The third-order valence-corrected chi connectivity index (χ3v) is 3.03. The van der Waals surface area contributed by atoms with E-state index in [0.717, 1.165) is 31.0 Å². The zero-order valence-corrected chi connectivity index (χ0v) is 11.0. The van der Waals surface area contributed by atoms with Crippen LogP contribution in [-0.2, 0) is 16.1 Å². The predicted molar refractivity (Wildman–Crippen MR) is 71.6 cm³/mol. The zero-order chi connectivity index (χ0) is 12.6. The van der Waals surface area contributed by atoms with Gasteiger partial charge in [0.2, 0.25) is 0 Å². The van der Waals surface area contributed by atoms with E-state index >= 15 is 0 Å². The van der Waals surface area contributed by atoms with Crippen LogP contribution in [0.3, 0.4) is 0 Å². The lowest BCUT2D eigenvalue weighted by molar-refractivity contribution is -0.0452. The van der Waals surface area contributed by atoms with Gasteiger partial charge >= 0.3 is 0 Å². The Kier molecular flexibility index (Phi) is 5.42. The van der Waals surface area contributed by atoms with Crippen LogP contribution in [0.4, 0.5) is 5.69 Å². The molecule has 2 heterocycles. The van der Waals surface area contributed by atoms with E-state index in [1.165, 1.54) is 12.8 Å². The fraction of sp³-hybridized carbons (Fsp3) is 0.643. The standard InChI is InChI=1S/C14H22N2O2/c1-2-15-12-6-7-16-13(9-12)10-17-11-14-5-3-4-8-18-14/h6-7,9,14H,2-5,8,10-11H2,1H3,(H,15,16). The van der Waals surface area contributed by atoms with E-state index in [1.807, 2.05) is 18.3 Å². The number of ether oxygens (including phenoxy) is 2. The SMILES string of the molecule is CCNc1ccnc(COCC2CCCCO2)c1. The molecule has 0 saturated carbocycles. The Morgan fingerprint density at radius 3 is 3.22 bits per heavy atom. The monoisotopic (exact) mass is 250 g/mol. The fourth-order valence-electron chi connectivity index (χ4n) is 2.10.